The van der Waals surface area contributed by atoms with Gasteiger partial charge in [-0.2, -0.15) is 0 Å². The van der Waals surface area contributed by atoms with Crippen LogP contribution in [0.25, 0.3) is 21.3 Å². The largest absolute Gasteiger partial charge is 0.330 e. The van der Waals surface area contributed by atoms with Crippen LogP contribution >= 0.6 is 11.3 Å². The Morgan fingerprint density at radius 2 is 1.89 bits per heavy atom. The van der Waals surface area contributed by atoms with Gasteiger partial charge in [0.2, 0.25) is 0 Å². The van der Waals surface area contributed by atoms with Crippen molar-refractivity contribution >= 4 is 22.1 Å². The van der Waals surface area contributed by atoms with Crippen LogP contribution < -0.4 is 5.73 Å². The molecule has 0 saturated carbocycles. The highest BCUT2D eigenvalue weighted by molar-refractivity contribution is 7.15. The summed E-state index contributed by atoms with van der Waals surface area (Å²) < 4.78 is 0. The van der Waals surface area contributed by atoms with E-state index in [9.17, 15) is 0 Å². The Balaban J connectivity index is 2.06. The molecule has 2 N–H and O–H groups in total. The van der Waals surface area contributed by atoms with E-state index in [4.69, 9.17) is 5.73 Å². The van der Waals surface area contributed by atoms with Crippen LogP contribution in [-0.2, 0) is 6.42 Å². The number of thiazole rings is 1. The molecule has 3 rings (SSSR count). The van der Waals surface area contributed by atoms with E-state index in [1.807, 2.05) is 0 Å². The molecule has 0 radical (unpaired) electrons. The molecule has 1 aromatic heterocycles. The Labute approximate surface area is 116 Å². The second kappa shape index (κ2) is 5.11. The van der Waals surface area contributed by atoms with Crippen molar-refractivity contribution in [2.75, 3.05) is 6.54 Å². The van der Waals surface area contributed by atoms with E-state index < -0.39 is 0 Å². The molecular weight excluding hydrogens is 252 g/mol. The average Bonchev–Trinajstić information content (AvgIpc) is 2.80. The molecule has 0 amide bonds. The summed E-state index contributed by atoms with van der Waals surface area (Å²) in [5, 5.41) is 3.61. The number of hydrogen-bond acceptors (Lipinski definition) is 3. The fourth-order valence-corrected chi connectivity index (χ4v) is 3.31. The monoisotopic (exact) mass is 268 g/mol. The molecule has 19 heavy (non-hydrogen) atoms. The summed E-state index contributed by atoms with van der Waals surface area (Å²) in [6, 6.07) is 14.9. The molecule has 96 valence electrons. The molecule has 0 aliphatic rings. The summed E-state index contributed by atoms with van der Waals surface area (Å²) in [5.41, 5.74) is 7.93. The maximum Gasteiger partial charge on any atom is 0.123 e. The first-order chi connectivity index (χ1) is 9.28. The summed E-state index contributed by atoms with van der Waals surface area (Å²) in [4.78, 5) is 5.97. The first kappa shape index (κ1) is 12.3. The van der Waals surface area contributed by atoms with Crippen molar-refractivity contribution in [3.63, 3.8) is 0 Å². The van der Waals surface area contributed by atoms with Gasteiger partial charge in [0.15, 0.2) is 0 Å². The normalized spacial score (nSPS) is 11.1. The topological polar surface area (TPSA) is 38.9 Å². The fraction of sp³-hybridized carbons (Fsp3) is 0.188. The molecule has 3 aromatic rings. The van der Waals surface area contributed by atoms with Crippen LogP contribution in [0.15, 0.2) is 42.5 Å². The van der Waals surface area contributed by atoms with Gasteiger partial charge in [0, 0.05) is 10.4 Å². The molecule has 0 aliphatic carbocycles. The van der Waals surface area contributed by atoms with Crippen molar-refractivity contribution in [2.45, 2.75) is 13.3 Å². The first-order valence-corrected chi connectivity index (χ1v) is 7.25. The first-order valence-electron chi connectivity index (χ1n) is 6.43. The molecule has 0 fully saturated rings. The Morgan fingerprint density at radius 1 is 1.11 bits per heavy atom. The van der Waals surface area contributed by atoms with E-state index in [1.54, 1.807) is 11.3 Å². The minimum Gasteiger partial charge on any atom is -0.330 e. The van der Waals surface area contributed by atoms with E-state index >= 15 is 0 Å². The number of nitrogens with two attached hydrogens (primary N) is 1. The van der Waals surface area contributed by atoms with Gasteiger partial charge in [-0.25, -0.2) is 4.98 Å². The van der Waals surface area contributed by atoms with Gasteiger partial charge in [-0.1, -0.05) is 36.4 Å². The molecule has 2 aromatic carbocycles. The van der Waals surface area contributed by atoms with Crippen LogP contribution in [0.5, 0.6) is 0 Å². The maximum atomic E-state index is 5.63. The van der Waals surface area contributed by atoms with E-state index in [0.29, 0.717) is 6.54 Å². The lowest BCUT2D eigenvalue weighted by molar-refractivity contribution is 0.970. The van der Waals surface area contributed by atoms with E-state index in [2.05, 4.69) is 54.4 Å². The molecule has 0 atom stereocenters. The lowest BCUT2D eigenvalue weighted by atomic mass is 10.1. The number of rotatable bonds is 3. The lowest BCUT2D eigenvalue weighted by Gasteiger charge is -2.00. The van der Waals surface area contributed by atoms with E-state index in [0.717, 1.165) is 17.1 Å². The Kier molecular flexibility index (Phi) is 3.32. The molecule has 1 heterocycles. The zero-order valence-electron chi connectivity index (χ0n) is 10.9. The highest BCUT2D eigenvalue weighted by Gasteiger charge is 2.09. The van der Waals surface area contributed by atoms with Crippen molar-refractivity contribution in [3.05, 3.63) is 53.0 Å². The van der Waals surface area contributed by atoms with Crippen LogP contribution in [0.1, 0.15) is 10.6 Å². The number of benzene rings is 2. The van der Waals surface area contributed by atoms with E-state index in [1.165, 1.54) is 21.2 Å². The van der Waals surface area contributed by atoms with Crippen molar-refractivity contribution in [1.82, 2.24) is 4.98 Å². The van der Waals surface area contributed by atoms with Gasteiger partial charge in [0.05, 0.1) is 5.69 Å². The standard InChI is InChI=1S/C16H16N2S/c1-11-15(8-9-17)19-16(18-11)14-7-6-12-4-2-3-5-13(12)10-14/h2-7,10H,8-9,17H2,1H3. The average molecular weight is 268 g/mol. The van der Waals surface area contributed by atoms with Crippen LogP contribution in [-0.4, -0.2) is 11.5 Å². The van der Waals surface area contributed by atoms with Crippen LogP contribution in [0, 0.1) is 6.92 Å². The van der Waals surface area contributed by atoms with Crippen LogP contribution in [0.3, 0.4) is 0 Å². The Morgan fingerprint density at radius 3 is 2.68 bits per heavy atom. The van der Waals surface area contributed by atoms with Gasteiger partial charge in [0.1, 0.15) is 5.01 Å². The third-order valence-corrected chi connectivity index (χ3v) is 4.53. The zero-order chi connectivity index (χ0) is 13.2. The minimum absolute atomic E-state index is 0.681. The quantitative estimate of drug-likeness (QED) is 0.785. The summed E-state index contributed by atoms with van der Waals surface area (Å²) in [7, 11) is 0. The highest BCUT2D eigenvalue weighted by Crippen LogP contribution is 2.30. The third kappa shape index (κ3) is 2.39. The number of fused-ring (bicyclic) bond motifs is 1. The van der Waals surface area contributed by atoms with E-state index in [-0.39, 0.29) is 0 Å². The van der Waals surface area contributed by atoms with Gasteiger partial charge in [-0.05, 0) is 36.7 Å². The predicted molar refractivity (Wildman–Crippen MR) is 82.6 cm³/mol. The molecule has 3 heteroatoms. The van der Waals surface area contributed by atoms with Crippen molar-refractivity contribution in [1.29, 1.82) is 0 Å². The molecule has 0 spiro atoms. The molecule has 0 unspecified atom stereocenters. The summed E-state index contributed by atoms with van der Waals surface area (Å²) in [6.07, 6.45) is 0.914. The van der Waals surface area contributed by atoms with Crippen molar-refractivity contribution in [2.24, 2.45) is 5.73 Å². The van der Waals surface area contributed by atoms with Gasteiger partial charge >= 0.3 is 0 Å². The van der Waals surface area contributed by atoms with Gasteiger partial charge in [-0.3, -0.25) is 0 Å². The number of aryl methyl sites for hydroxylation is 1. The second-order valence-corrected chi connectivity index (χ2v) is 5.71. The second-order valence-electron chi connectivity index (χ2n) is 4.63. The third-order valence-electron chi connectivity index (χ3n) is 3.26. The van der Waals surface area contributed by atoms with Gasteiger partial charge in [0.25, 0.3) is 0 Å². The lowest BCUT2D eigenvalue weighted by Crippen LogP contribution is -2.01. The van der Waals surface area contributed by atoms with Gasteiger partial charge < -0.3 is 5.73 Å². The fourth-order valence-electron chi connectivity index (χ4n) is 2.24. The van der Waals surface area contributed by atoms with Gasteiger partial charge in [-0.15, -0.1) is 11.3 Å². The predicted octanol–water partition coefficient (Wildman–Crippen LogP) is 3.77. The Hall–Kier alpha value is -1.71. The van der Waals surface area contributed by atoms with Crippen LogP contribution in [0.2, 0.25) is 0 Å². The number of hydrogen-bond donors (Lipinski definition) is 1. The Bertz CT molecular complexity index is 716. The molecule has 0 bridgehead atoms. The van der Waals surface area contributed by atoms with Crippen molar-refractivity contribution in [3.8, 4) is 10.6 Å². The molecular formula is C16H16N2S. The number of aromatic nitrogens is 1. The molecule has 2 nitrogen and oxygen atoms in total. The minimum atomic E-state index is 0.681. The summed E-state index contributed by atoms with van der Waals surface area (Å²) in [5.74, 6) is 0. The molecule has 0 saturated heterocycles. The summed E-state index contributed by atoms with van der Waals surface area (Å²) >= 11 is 1.75. The SMILES string of the molecule is Cc1nc(-c2ccc3ccccc3c2)sc1CCN. The molecule has 0 aliphatic heterocycles. The maximum absolute atomic E-state index is 5.63. The summed E-state index contributed by atoms with van der Waals surface area (Å²) in [6.45, 7) is 2.74. The zero-order valence-corrected chi connectivity index (χ0v) is 11.7. The smallest absolute Gasteiger partial charge is 0.123 e. The highest BCUT2D eigenvalue weighted by atomic mass is 32.1. The number of nitrogens with zero attached hydrogens (tertiary/aromatic N) is 1. The van der Waals surface area contributed by atoms with Crippen LogP contribution in [0.4, 0.5) is 0 Å². The van der Waals surface area contributed by atoms with Crippen molar-refractivity contribution < 1.29 is 0 Å².